The van der Waals surface area contributed by atoms with E-state index in [2.05, 4.69) is 31.4 Å². The van der Waals surface area contributed by atoms with Gasteiger partial charge in [-0.2, -0.15) is 0 Å². The van der Waals surface area contributed by atoms with Crippen molar-refractivity contribution in [2.24, 2.45) is 0 Å². The van der Waals surface area contributed by atoms with Gasteiger partial charge in [0.15, 0.2) is 0 Å². The quantitative estimate of drug-likeness (QED) is 0.805. The van der Waals surface area contributed by atoms with E-state index in [1.54, 1.807) is 18.4 Å². The largest absolute Gasteiger partial charge is 0.497 e. The van der Waals surface area contributed by atoms with Gasteiger partial charge in [-0.3, -0.25) is 0 Å². The van der Waals surface area contributed by atoms with Crippen LogP contribution in [0.5, 0.6) is 5.75 Å². The Labute approximate surface area is 136 Å². The molecule has 1 fully saturated rings. The molecule has 2 aromatic rings. The fourth-order valence-corrected chi connectivity index (χ4v) is 3.92. The van der Waals surface area contributed by atoms with Crippen LogP contribution in [0.2, 0.25) is 0 Å². The number of hydrogen-bond acceptors (Lipinski definition) is 4. The third-order valence-electron chi connectivity index (χ3n) is 4.60. The highest BCUT2D eigenvalue weighted by atomic mass is 32.1. The third-order valence-corrected chi connectivity index (χ3v) is 5.61. The predicted octanol–water partition coefficient (Wildman–Crippen LogP) is 4.88. The maximum atomic E-state index is 5.95. The fraction of sp³-hybridized carbons (Fsp3) is 0.500. The van der Waals surface area contributed by atoms with Crippen molar-refractivity contribution in [3.63, 3.8) is 0 Å². The van der Waals surface area contributed by atoms with Gasteiger partial charge in [0.25, 0.3) is 0 Å². The molecule has 1 aromatic carbocycles. The van der Waals surface area contributed by atoms with Crippen LogP contribution in [-0.4, -0.2) is 24.3 Å². The lowest BCUT2D eigenvalue weighted by molar-refractivity contribution is -0.0746. The molecule has 0 spiro atoms. The number of rotatable bonds is 4. The summed E-state index contributed by atoms with van der Waals surface area (Å²) in [6.07, 6.45) is 3.20. The standard InChI is InChI=1S/C18H23NO2S/c1-4-18(2)11-14(9-10-21-18)17-19-16(12-22-17)13-5-7-15(20-3)8-6-13/h5-8,12,14H,4,9-11H2,1-3H3. The first kappa shape index (κ1) is 15.5. The maximum Gasteiger partial charge on any atom is 0.118 e. The summed E-state index contributed by atoms with van der Waals surface area (Å²) in [6.45, 7) is 5.26. The molecule has 3 nitrogen and oxygen atoms in total. The molecule has 3 rings (SSSR count). The second kappa shape index (κ2) is 6.39. The van der Waals surface area contributed by atoms with Crippen LogP contribution in [0.25, 0.3) is 11.3 Å². The highest BCUT2D eigenvalue weighted by Gasteiger charge is 2.33. The Morgan fingerprint density at radius 2 is 2.14 bits per heavy atom. The minimum absolute atomic E-state index is 0.00879. The first-order valence-electron chi connectivity index (χ1n) is 7.87. The molecular formula is C18H23NO2S. The zero-order valence-corrected chi connectivity index (χ0v) is 14.3. The Morgan fingerprint density at radius 1 is 1.36 bits per heavy atom. The second-order valence-corrected chi connectivity index (χ2v) is 7.03. The van der Waals surface area contributed by atoms with Crippen molar-refractivity contribution in [1.29, 1.82) is 0 Å². The van der Waals surface area contributed by atoms with Crippen LogP contribution in [0.4, 0.5) is 0 Å². The van der Waals surface area contributed by atoms with Crippen LogP contribution in [0.15, 0.2) is 29.6 Å². The molecule has 0 radical (unpaired) electrons. The summed E-state index contributed by atoms with van der Waals surface area (Å²) < 4.78 is 11.2. The second-order valence-electron chi connectivity index (χ2n) is 6.14. The Hall–Kier alpha value is -1.39. The smallest absolute Gasteiger partial charge is 0.118 e. The number of methoxy groups -OCH3 is 1. The molecule has 1 aliphatic rings. The molecule has 0 amide bonds. The van der Waals surface area contributed by atoms with Gasteiger partial charge in [-0.1, -0.05) is 6.92 Å². The molecule has 4 heteroatoms. The molecule has 2 heterocycles. The van der Waals surface area contributed by atoms with Crippen LogP contribution in [0, 0.1) is 0 Å². The Balaban J connectivity index is 1.78. The number of hydrogen-bond donors (Lipinski definition) is 0. The van der Waals surface area contributed by atoms with Crippen LogP contribution < -0.4 is 4.74 Å². The summed E-state index contributed by atoms with van der Waals surface area (Å²) >= 11 is 1.77. The van der Waals surface area contributed by atoms with Gasteiger partial charge in [-0.25, -0.2) is 4.98 Å². The normalized spacial score (nSPS) is 25.1. The van der Waals surface area contributed by atoms with E-state index in [-0.39, 0.29) is 5.60 Å². The molecular weight excluding hydrogens is 294 g/mol. The van der Waals surface area contributed by atoms with Crippen LogP contribution in [-0.2, 0) is 4.74 Å². The zero-order valence-electron chi connectivity index (χ0n) is 13.5. The van der Waals surface area contributed by atoms with Crippen molar-refractivity contribution in [2.75, 3.05) is 13.7 Å². The summed E-state index contributed by atoms with van der Waals surface area (Å²) in [6, 6.07) is 8.10. The summed E-state index contributed by atoms with van der Waals surface area (Å²) in [5.74, 6) is 1.40. The summed E-state index contributed by atoms with van der Waals surface area (Å²) in [5, 5.41) is 3.41. The average molecular weight is 317 g/mol. The molecule has 2 atom stereocenters. The lowest BCUT2D eigenvalue weighted by Crippen LogP contribution is -2.35. The molecule has 0 bridgehead atoms. The Morgan fingerprint density at radius 3 is 2.82 bits per heavy atom. The molecule has 0 aliphatic carbocycles. The van der Waals surface area contributed by atoms with Crippen LogP contribution in [0.3, 0.4) is 0 Å². The first-order chi connectivity index (χ1) is 10.6. The number of ether oxygens (including phenoxy) is 2. The van der Waals surface area contributed by atoms with Crippen molar-refractivity contribution in [1.82, 2.24) is 4.98 Å². The van der Waals surface area contributed by atoms with Crippen molar-refractivity contribution in [3.8, 4) is 17.0 Å². The monoisotopic (exact) mass is 317 g/mol. The SMILES string of the molecule is CCC1(C)CC(c2nc(-c3ccc(OC)cc3)cs2)CCO1. The molecule has 1 saturated heterocycles. The third kappa shape index (κ3) is 3.18. The van der Waals surface area contributed by atoms with Crippen molar-refractivity contribution >= 4 is 11.3 Å². The minimum atomic E-state index is 0.00879. The van der Waals surface area contributed by atoms with E-state index < -0.39 is 0 Å². The van der Waals surface area contributed by atoms with E-state index in [1.807, 2.05) is 12.1 Å². The summed E-state index contributed by atoms with van der Waals surface area (Å²) in [5.41, 5.74) is 2.22. The average Bonchev–Trinajstić information content (AvgIpc) is 3.05. The fourth-order valence-electron chi connectivity index (χ4n) is 2.96. The highest BCUT2D eigenvalue weighted by molar-refractivity contribution is 7.10. The van der Waals surface area contributed by atoms with Gasteiger partial charge in [0.1, 0.15) is 5.75 Å². The van der Waals surface area contributed by atoms with Gasteiger partial charge in [-0.15, -0.1) is 11.3 Å². The van der Waals surface area contributed by atoms with Crippen LogP contribution in [0.1, 0.15) is 44.0 Å². The number of thiazole rings is 1. The topological polar surface area (TPSA) is 31.4 Å². The van der Waals surface area contributed by atoms with Crippen LogP contribution >= 0.6 is 11.3 Å². The van der Waals surface area contributed by atoms with Gasteiger partial charge in [0.05, 0.1) is 23.4 Å². The Kier molecular flexibility index (Phi) is 4.50. The van der Waals surface area contributed by atoms with Gasteiger partial charge >= 0.3 is 0 Å². The summed E-state index contributed by atoms with van der Waals surface area (Å²) in [7, 11) is 1.69. The number of nitrogens with zero attached hydrogens (tertiary/aromatic N) is 1. The molecule has 1 aliphatic heterocycles. The zero-order chi connectivity index (χ0) is 15.6. The van der Waals surface area contributed by atoms with E-state index in [0.717, 1.165) is 42.9 Å². The van der Waals surface area contributed by atoms with Gasteiger partial charge < -0.3 is 9.47 Å². The maximum absolute atomic E-state index is 5.95. The van der Waals surface area contributed by atoms with E-state index in [4.69, 9.17) is 14.5 Å². The number of benzene rings is 1. The van der Waals surface area contributed by atoms with E-state index in [0.29, 0.717) is 5.92 Å². The summed E-state index contributed by atoms with van der Waals surface area (Å²) in [4.78, 5) is 4.88. The van der Waals surface area contributed by atoms with Crippen molar-refractivity contribution in [2.45, 2.75) is 44.6 Å². The Bertz CT molecular complexity index is 622. The first-order valence-corrected chi connectivity index (χ1v) is 8.75. The van der Waals surface area contributed by atoms with Gasteiger partial charge in [0.2, 0.25) is 0 Å². The minimum Gasteiger partial charge on any atom is -0.497 e. The van der Waals surface area contributed by atoms with Gasteiger partial charge in [-0.05, 0) is 50.5 Å². The highest BCUT2D eigenvalue weighted by Crippen LogP contribution is 2.39. The molecule has 118 valence electrons. The van der Waals surface area contributed by atoms with Crippen molar-refractivity contribution < 1.29 is 9.47 Å². The predicted molar refractivity (Wildman–Crippen MR) is 90.7 cm³/mol. The number of aromatic nitrogens is 1. The molecule has 0 saturated carbocycles. The molecule has 2 unspecified atom stereocenters. The van der Waals surface area contributed by atoms with E-state index >= 15 is 0 Å². The molecule has 0 N–H and O–H groups in total. The molecule has 1 aromatic heterocycles. The van der Waals surface area contributed by atoms with Gasteiger partial charge in [0, 0.05) is 23.5 Å². The lowest BCUT2D eigenvalue weighted by Gasteiger charge is -2.37. The lowest BCUT2D eigenvalue weighted by atomic mass is 9.86. The van der Waals surface area contributed by atoms with E-state index in [9.17, 15) is 0 Å². The molecule has 22 heavy (non-hydrogen) atoms. The van der Waals surface area contributed by atoms with Crippen molar-refractivity contribution in [3.05, 3.63) is 34.7 Å². The van der Waals surface area contributed by atoms with E-state index in [1.165, 1.54) is 5.01 Å².